The number of carbonyl (C=O) groups is 12. The molecule has 96 heavy (non-hydrogen) atoms. The highest BCUT2D eigenvalue weighted by Gasteiger charge is 2.41. The third-order valence-electron chi connectivity index (χ3n) is 15.6. The van der Waals surface area contributed by atoms with Gasteiger partial charge in [-0.2, -0.15) is 0 Å². The molecule has 0 aromatic rings. The van der Waals surface area contributed by atoms with E-state index in [0.717, 1.165) is 0 Å². The summed E-state index contributed by atoms with van der Waals surface area (Å²) in [6.07, 6.45) is 13.2. The molecule has 0 spiro atoms. The molecule has 0 aromatic heterocycles. The molecule has 3 rings (SSSR count). The van der Waals surface area contributed by atoms with Crippen LogP contribution in [-0.4, -0.2) is 218 Å². The van der Waals surface area contributed by atoms with Crippen LogP contribution < -0.4 is 99.0 Å². The molecule has 12 amide bonds. The van der Waals surface area contributed by atoms with Crippen molar-refractivity contribution >= 4 is 94.7 Å². The number of nitrogens with one attached hydrogen (secondary N) is 10. The van der Waals surface area contributed by atoms with Gasteiger partial charge in [0.05, 0.1) is 13.1 Å². The fourth-order valence-electron chi connectivity index (χ4n) is 10.7. The van der Waals surface area contributed by atoms with Crippen molar-refractivity contribution in [1.82, 2.24) is 63.0 Å². The summed E-state index contributed by atoms with van der Waals surface area (Å²) in [5.41, 5.74) is 44.6. The van der Waals surface area contributed by atoms with Gasteiger partial charge in [-0.05, 0) is 116 Å². The predicted octanol–water partition coefficient (Wildman–Crippen LogP) is -7.26. The van der Waals surface area contributed by atoms with Gasteiger partial charge in [0.25, 0.3) is 0 Å². The maximum absolute atomic E-state index is 14.8. The van der Waals surface area contributed by atoms with Crippen molar-refractivity contribution in [3.8, 4) is 24.7 Å². The summed E-state index contributed by atoms with van der Waals surface area (Å²) in [4.78, 5) is 187. The Hall–Kier alpha value is -10.2. The summed E-state index contributed by atoms with van der Waals surface area (Å²) < 4.78 is 0. The molecule has 532 valence electrons. The van der Waals surface area contributed by atoms with Crippen LogP contribution in [0.25, 0.3) is 0 Å². The van der Waals surface area contributed by atoms with Gasteiger partial charge in [-0.25, -0.2) is 0 Å². The molecule has 3 heterocycles. The van der Waals surface area contributed by atoms with Gasteiger partial charge in [-0.1, -0.05) is 0 Å². The van der Waals surface area contributed by atoms with Gasteiger partial charge >= 0.3 is 0 Å². The highest BCUT2D eigenvalue weighted by Crippen LogP contribution is 2.22. The number of fused-ring (bicyclic) bond motifs is 2. The average molecular weight is 1350 g/mol. The Bertz CT molecular complexity index is 2670. The number of amides is 12. The number of unbranched alkanes of at least 4 members (excludes halogenated alkanes) is 2. The summed E-state index contributed by atoms with van der Waals surface area (Å²) in [5, 5.41) is 26.8. The number of terminal acetylenes is 2. The zero-order chi connectivity index (χ0) is 71.0. The van der Waals surface area contributed by atoms with Crippen molar-refractivity contribution in [2.75, 3.05) is 65.4 Å². The van der Waals surface area contributed by atoms with Crippen molar-refractivity contribution < 1.29 is 57.5 Å². The fourth-order valence-corrected chi connectivity index (χ4v) is 10.7. The molecule has 3 saturated heterocycles. The fraction of sp³-hybridized carbons (Fsp3) is 0.667. The number of hydrogen-bond acceptors (Lipinski definition) is 16. The van der Waals surface area contributed by atoms with Crippen molar-refractivity contribution in [3.63, 3.8) is 0 Å². The molecule has 0 aromatic carbocycles. The Balaban J connectivity index is 2.18. The number of nitrogens with zero attached hydrogens (tertiary/aromatic N) is 6. The molecule has 0 unspecified atom stereocenters. The molecule has 36 heteroatoms. The number of guanidine groups is 4. The van der Waals surface area contributed by atoms with E-state index in [1.54, 1.807) is 0 Å². The SMILES string of the molecule is C#CCCC(=O)NCCCC[C@@H]1NC(=O)[C@H](CCCN=C(N)N)NC(=O)CNC(=O)[C@@H]2CCCN2C(=O)[C@H](CCCN=C(N)N)NC(=O)[C@H](CCCCNC(=O)CCC#C)NC(=O)[C@H](CCCN=C(N)N)NC(=O)CNC(=O)[C@@H]2CCCN2C(=O)[C@H](CCCN=C(N)N)NC1=O. The van der Waals surface area contributed by atoms with Crippen molar-refractivity contribution in [2.45, 2.75) is 190 Å². The molecule has 26 N–H and O–H groups in total. The molecule has 0 saturated carbocycles. The molecule has 3 aliphatic heterocycles. The highest BCUT2D eigenvalue weighted by atomic mass is 16.2. The molecule has 3 fully saturated rings. The number of hydrogen-bond donors (Lipinski definition) is 18. The lowest BCUT2D eigenvalue weighted by molar-refractivity contribution is -0.142. The number of nitrogens with two attached hydrogens (primary N) is 8. The molecular weight excluding hydrogens is 1250 g/mol. The lowest BCUT2D eigenvalue weighted by Crippen LogP contribution is -2.59. The molecule has 0 bridgehead atoms. The largest absolute Gasteiger partial charge is 0.370 e. The third kappa shape index (κ3) is 31.2. The first-order valence-corrected chi connectivity index (χ1v) is 32.4. The van der Waals surface area contributed by atoms with Crippen molar-refractivity contribution in [3.05, 3.63) is 0 Å². The standard InChI is InChI=1S/C60H100N24O12/c1-3-5-25-45(85)69-27-9-7-17-39-51(91)81-41(21-13-31-73-59(65)66)55(95)83-33-15-23-43(83)53(93)76-36-48(88)78-38(20-12-30-72-58(63)64)50(90)80-40(18-8-10-28-70-46(86)26-6-4-2)52(92)82-42(22-14-32-74-60(67)68)56(96)84-34-16-24-44(84)54(94)75-35-47(87)77-37(49(89)79-39)19-11-29-71-57(61)62/h1-2,37-44H,5-36H2,(H,69,85)(H,70,86)(H,75,94)(H,76,93)(H,77,87)(H,78,88)(H,79,89)(H,80,90)(H,81,91)(H,82,92)(H4,61,62,71)(H4,63,64,72)(H4,65,66,73)(H4,67,68,74)/t37-,38-,39-,40-,41-,42-,43-,44-/m0/s1. The first-order valence-electron chi connectivity index (χ1n) is 32.4. The second kappa shape index (κ2) is 44.4. The highest BCUT2D eigenvalue weighted by molar-refractivity contribution is 5.99. The van der Waals surface area contributed by atoms with Crippen molar-refractivity contribution in [2.24, 2.45) is 65.8 Å². The van der Waals surface area contributed by atoms with E-state index in [1.807, 2.05) is 0 Å². The van der Waals surface area contributed by atoms with Gasteiger partial charge in [0, 0.05) is 78.0 Å². The van der Waals surface area contributed by atoms with Gasteiger partial charge in [0.2, 0.25) is 70.9 Å². The number of aliphatic imine (C=N–C) groups is 4. The molecule has 8 atom stereocenters. The van der Waals surface area contributed by atoms with Gasteiger partial charge in [-0.15, -0.1) is 24.7 Å². The van der Waals surface area contributed by atoms with Crippen LogP contribution in [0.4, 0.5) is 0 Å². The molecule has 0 aliphatic carbocycles. The molecular formula is C60H100N24O12. The zero-order valence-electron chi connectivity index (χ0n) is 54.6. The van der Waals surface area contributed by atoms with Crippen molar-refractivity contribution in [1.29, 1.82) is 0 Å². The monoisotopic (exact) mass is 1350 g/mol. The first-order chi connectivity index (χ1) is 45.8. The average Bonchev–Trinajstić information content (AvgIpc) is 1.65. The van der Waals surface area contributed by atoms with Gasteiger partial charge in [0.15, 0.2) is 23.8 Å². The second-order valence-corrected chi connectivity index (χ2v) is 23.2. The van der Waals surface area contributed by atoms with E-state index in [9.17, 15) is 57.5 Å². The van der Waals surface area contributed by atoms with Crippen LogP contribution in [-0.2, 0) is 57.5 Å². The van der Waals surface area contributed by atoms with E-state index in [0.29, 0.717) is 25.7 Å². The third-order valence-corrected chi connectivity index (χ3v) is 15.6. The number of carbonyl (C=O) groups excluding carboxylic acids is 12. The van der Waals surface area contributed by atoms with Crippen LogP contribution in [0, 0.1) is 24.7 Å². The minimum absolute atomic E-state index is 0.0113. The maximum atomic E-state index is 14.8. The van der Waals surface area contributed by atoms with Crippen LogP contribution in [0.1, 0.15) is 141 Å². The Morgan fingerprint density at radius 2 is 0.708 bits per heavy atom. The van der Waals surface area contributed by atoms with E-state index >= 15 is 0 Å². The molecule has 36 nitrogen and oxygen atoms in total. The van der Waals surface area contributed by atoms with E-state index in [2.05, 4.69) is 85.0 Å². The van der Waals surface area contributed by atoms with E-state index in [1.165, 1.54) is 9.80 Å². The Kier molecular flexibility index (Phi) is 37.1. The summed E-state index contributed by atoms with van der Waals surface area (Å²) in [6, 6.07) is -10.7. The summed E-state index contributed by atoms with van der Waals surface area (Å²) >= 11 is 0. The minimum Gasteiger partial charge on any atom is -0.370 e. The van der Waals surface area contributed by atoms with Crippen LogP contribution in [0.15, 0.2) is 20.0 Å². The van der Waals surface area contributed by atoms with Crippen LogP contribution in [0.3, 0.4) is 0 Å². The minimum atomic E-state index is -1.40. The predicted molar refractivity (Wildman–Crippen MR) is 357 cm³/mol. The number of rotatable bonds is 30. The summed E-state index contributed by atoms with van der Waals surface area (Å²) in [7, 11) is 0. The zero-order valence-corrected chi connectivity index (χ0v) is 54.6. The lowest BCUT2D eigenvalue weighted by Gasteiger charge is -2.30. The smallest absolute Gasteiger partial charge is 0.245 e. The first kappa shape index (κ1) is 80.1. The lowest BCUT2D eigenvalue weighted by atomic mass is 10.0. The Morgan fingerprint density at radius 1 is 0.417 bits per heavy atom. The van der Waals surface area contributed by atoms with E-state index < -0.39 is 120 Å². The van der Waals surface area contributed by atoms with Crippen LogP contribution in [0.2, 0.25) is 0 Å². The maximum Gasteiger partial charge on any atom is 0.245 e. The summed E-state index contributed by atoms with van der Waals surface area (Å²) in [6.45, 7) is -0.931. The Morgan fingerprint density at radius 3 is 1.02 bits per heavy atom. The van der Waals surface area contributed by atoms with E-state index in [4.69, 9.17) is 58.7 Å². The van der Waals surface area contributed by atoms with Gasteiger partial charge in [-0.3, -0.25) is 77.5 Å². The molecule has 3 aliphatic rings. The summed E-state index contributed by atoms with van der Waals surface area (Å²) in [5.74, 6) is -4.84. The topological polar surface area (TPSA) is 589 Å². The van der Waals surface area contributed by atoms with E-state index in [-0.39, 0.29) is 204 Å². The van der Waals surface area contributed by atoms with Crippen LogP contribution in [0.5, 0.6) is 0 Å². The quantitative estimate of drug-likeness (QED) is 0.0137. The second-order valence-electron chi connectivity index (χ2n) is 23.2. The Labute approximate surface area is 559 Å². The van der Waals surface area contributed by atoms with Crippen LogP contribution >= 0.6 is 0 Å². The normalized spacial score (nSPS) is 22.0. The van der Waals surface area contributed by atoms with Gasteiger partial charge < -0.3 is 109 Å². The van der Waals surface area contributed by atoms with Gasteiger partial charge in [0.1, 0.15) is 48.3 Å². The molecule has 0 radical (unpaired) electrons.